The summed E-state index contributed by atoms with van der Waals surface area (Å²) in [6.07, 6.45) is 0. The van der Waals surface area contributed by atoms with E-state index in [2.05, 4.69) is 9.68 Å². The van der Waals surface area contributed by atoms with E-state index < -0.39 is 11.9 Å². The Morgan fingerprint density at radius 3 is 2.91 bits per heavy atom. The molecule has 1 heterocycles. The fourth-order valence-corrected chi connectivity index (χ4v) is 0.634. The molecule has 1 atom stereocenters. The summed E-state index contributed by atoms with van der Waals surface area (Å²) < 4.78 is 4.50. The molecule has 0 aliphatic heterocycles. The van der Waals surface area contributed by atoms with Crippen molar-refractivity contribution in [3.63, 3.8) is 0 Å². The van der Waals surface area contributed by atoms with Gasteiger partial charge in [-0.3, -0.25) is 4.79 Å². The molecule has 3 N–H and O–H groups in total. The predicted molar refractivity (Wildman–Crippen MR) is 37.0 cm³/mol. The number of hydrogen-bond acceptors (Lipinski definition) is 4. The third-order valence-corrected chi connectivity index (χ3v) is 1.36. The molecule has 0 saturated heterocycles. The molecular weight excluding hydrogens is 148 g/mol. The monoisotopic (exact) mass is 156 g/mol. The van der Waals surface area contributed by atoms with Crippen LogP contribution in [0.15, 0.2) is 10.6 Å². The normalized spacial score (nSPS) is 12.8. The number of carboxylic acid groups (broad SMARTS) is 1. The first-order chi connectivity index (χ1) is 5.11. The average Bonchev–Trinajstić information content (AvgIpc) is 2.34. The maximum absolute atomic E-state index is 10.4. The molecule has 0 bridgehead atoms. The van der Waals surface area contributed by atoms with E-state index in [1.54, 1.807) is 0 Å². The lowest BCUT2D eigenvalue weighted by molar-refractivity contribution is -0.138. The second kappa shape index (κ2) is 2.61. The Labute approximate surface area is 62.8 Å². The minimum atomic E-state index is -0.946. The number of nitrogens with two attached hydrogens (primary N) is 1. The van der Waals surface area contributed by atoms with E-state index in [0.29, 0.717) is 5.69 Å². The predicted octanol–water partition coefficient (Wildman–Crippen LogP) is 0.445. The summed E-state index contributed by atoms with van der Waals surface area (Å²) >= 11 is 0. The van der Waals surface area contributed by atoms with Gasteiger partial charge in [0.2, 0.25) is 5.88 Å². The molecule has 1 aromatic heterocycles. The number of aromatic nitrogens is 1. The summed E-state index contributed by atoms with van der Waals surface area (Å²) in [6.45, 7) is 1.51. The molecule has 0 fully saturated rings. The smallest absolute Gasteiger partial charge is 0.312 e. The number of carbonyl (C=O) groups is 1. The highest BCUT2D eigenvalue weighted by Gasteiger charge is 2.17. The minimum absolute atomic E-state index is 0.133. The summed E-state index contributed by atoms with van der Waals surface area (Å²) in [5.74, 6) is -1.48. The van der Waals surface area contributed by atoms with Crippen molar-refractivity contribution < 1.29 is 14.4 Å². The minimum Gasteiger partial charge on any atom is -0.481 e. The molecule has 0 aliphatic rings. The second-order valence-electron chi connectivity index (χ2n) is 2.21. The SMILES string of the molecule is CC(C(=O)O)c1cc(N)on1. The van der Waals surface area contributed by atoms with Gasteiger partial charge in [0.1, 0.15) is 0 Å². The zero-order valence-electron chi connectivity index (χ0n) is 5.94. The van der Waals surface area contributed by atoms with Crippen LogP contribution in [0, 0.1) is 0 Å². The van der Waals surface area contributed by atoms with Crippen molar-refractivity contribution in [2.45, 2.75) is 12.8 Å². The van der Waals surface area contributed by atoms with Crippen LogP contribution in [0.5, 0.6) is 0 Å². The zero-order chi connectivity index (χ0) is 8.43. The van der Waals surface area contributed by atoms with Crippen molar-refractivity contribution in [1.82, 2.24) is 5.16 Å². The van der Waals surface area contributed by atoms with E-state index in [0.717, 1.165) is 0 Å². The number of nitrogen functional groups attached to an aromatic ring is 1. The summed E-state index contributed by atoms with van der Waals surface area (Å²) in [5.41, 5.74) is 5.54. The fraction of sp³-hybridized carbons (Fsp3) is 0.333. The molecule has 0 spiro atoms. The third kappa shape index (κ3) is 1.49. The number of anilines is 1. The van der Waals surface area contributed by atoms with Gasteiger partial charge < -0.3 is 15.4 Å². The first-order valence-electron chi connectivity index (χ1n) is 3.06. The molecule has 5 heteroatoms. The summed E-state index contributed by atoms with van der Waals surface area (Å²) in [7, 11) is 0. The average molecular weight is 156 g/mol. The lowest BCUT2D eigenvalue weighted by atomic mass is 10.1. The van der Waals surface area contributed by atoms with Gasteiger partial charge in [-0.2, -0.15) is 0 Å². The Kier molecular flexibility index (Phi) is 1.80. The Bertz CT molecular complexity index is 269. The van der Waals surface area contributed by atoms with Gasteiger partial charge in [-0.05, 0) is 6.92 Å². The first-order valence-corrected chi connectivity index (χ1v) is 3.06. The number of hydrogen-bond donors (Lipinski definition) is 2. The summed E-state index contributed by atoms with van der Waals surface area (Å²) in [6, 6.07) is 1.40. The number of aliphatic carboxylic acids is 1. The second-order valence-corrected chi connectivity index (χ2v) is 2.21. The molecular formula is C6H8N2O3. The van der Waals surface area contributed by atoms with Crippen molar-refractivity contribution in [3.8, 4) is 0 Å². The van der Waals surface area contributed by atoms with E-state index in [1.807, 2.05) is 0 Å². The van der Waals surface area contributed by atoms with E-state index in [9.17, 15) is 4.79 Å². The molecule has 1 aromatic rings. The highest BCUT2D eigenvalue weighted by Crippen LogP contribution is 2.15. The fourth-order valence-electron chi connectivity index (χ4n) is 0.634. The number of nitrogens with zero attached hydrogens (tertiary/aromatic N) is 1. The largest absolute Gasteiger partial charge is 0.481 e. The van der Waals surface area contributed by atoms with Crippen molar-refractivity contribution >= 4 is 11.9 Å². The van der Waals surface area contributed by atoms with Gasteiger partial charge in [0.05, 0.1) is 11.6 Å². The highest BCUT2D eigenvalue weighted by atomic mass is 16.5. The molecule has 0 aromatic carbocycles. The Hall–Kier alpha value is -1.52. The molecule has 0 aliphatic carbocycles. The van der Waals surface area contributed by atoms with E-state index in [1.165, 1.54) is 13.0 Å². The van der Waals surface area contributed by atoms with Crippen molar-refractivity contribution in [2.24, 2.45) is 0 Å². The zero-order valence-corrected chi connectivity index (χ0v) is 5.94. The third-order valence-electron chi connectivity index (χ3n) is 1.36. The Morgan fingerprint density at radius 2 is 2.55 bits per heavy atom. The quantitative estimate of drug-likeness (QED) is 0.648. The van der Waals surface area contributed by atoms with E-state index >= 15 is 0 Å². The number of rotatable bonds is 2. The molecule has 0 radical (unpaired) electrons. The molecule has 60 valence electrons. The molecule has 11 heavy (non-hydrogen) atoms. The number of carboxylic acids is 1. The van der Waals surface area contributed by atoms with Gasteiger partial charge in [0.15, 0.2) is 0 Å². The van der Waals surface area contributed by atoms with Crippen molar-refractivity contribution in [1.29, 1.82) is 0 Å². The van der Waals surface area contributed by atoms with Gasteiger partial charge in [0.25, 0.3) is 0 Å². The van der Waals surface area contributed by atoms with Crippen LogP contribution >= 0.6 is 0 Å². The van der Waals surface area contributed by atoms with Crippen LogP contribution in [0.3, 0.4) is 0 Å². The summed E-state index contributed by atoms with van der Waals surface area (Å²) in [5, 5.41) is 12.0. The van der Waals surface area contributed by atoms with Crippen LogP contribution in [0.2, 0.25) is 0 Å². The van der Waals surface area contributed by atoms with Gasteiger partial charge in [-0.15, -0.1) is 0 Å². The molecule has 0 saturated carbocycles. The lowest BCUT2D eigenvalue weighted by Gasteiger charge is -1.97. The van der Waals surface area contributed by atoms with Crippen molar-refractivity contribution in [3.05, 3.63) is 11.8 Å². The maximum Gasteiger partial charge on any atom is 0.312 e. The highest BCUT2D eigenvalue weighted by molar-refractivity contribution is 5.74. The van der Waals surface area contributed by atoms with Gasteiger partial charge in [-0.25, -0.2) is 0 Å². The van der Waals surface area contributed by atoms with Crippen LogP contribution in [-0.4, -0.2) is 16.2 Å². The van der Waals surface area contributed by atoms with Crippen LogP contribution < -0.4 is 5.73 Å². The standard InChI is InChI=1S/C6H8N2O3/c1-3(6(9)10)4-2-5(7)11-8-4/h2-3H,7H2,1H3,(H,9,10). The molecule has 0 amide bonds. The maximum atomic E-state index is 10.4. The van der Waals surface area contributed by atoms with E-state index in [-0.39, 0.29) is 5.88 Å². The van der Waals surface area contributed by atoms with Gasteiger partial charge >= 0.3 is 5.97 Å². The van der Waals surface area contributed by atoms with Crippen LogP contribution in [-0.2, 0) is 4.79 Å². The van der Waals surface area contributed by atoms with Crippen molar-refractivity contribution in [2.75, 3.05) is 5.73 Å². The van der Waals surface area contributed by atoms with E-state index in [4.69, 9.17) is 10.8 Å². The Morgan fingerprint density at radius 1 is 1.91 bits per heavy atom. The molecule has 5 nitrogen and oxygen atoms in total. The lowest BCUT2D eigenvalue weighted by Crippen LogP contribution is -2.07. The topological polar surface area (TPSA) is 89.3 Å². The summed E-state index contributed by atoms with van der Waals surface area (Å²) in [4.78, 5) is 10.4. The molecule has 1 rings (SSSR count). The van der Waals surface area contributed by atoms with Gasteiger partial charge in [0, 0.05) is 6.07 Å². The van der Waals surface area contributed by atoms with Crippen LogP contribution in [0.1, 0.15) is 18.5 Å². The first kappa shape index (κ1) is 7.59. The molecule has 1 unspecified atom stereocenters. The van der Waals surface area contributed by atoms with Crippen LogP contribution in [0.4, 0.5) is 5.88 Å². The Balaban J connectivity index is 2.84. The van der Waals surface area contributed by atoms with Gasteiger partial charge in [-0.1, -0.05) is 5.16 Å². The van der Waals surface area contributed by atoms with Crippen LogP contribution in [0.25, 0.3) is 0 Å².